The fourth-order valence-corrected chi connectivity index (χ4v) is 3.24. The minimum Gasteiger partial charge on any atom is -0.459 e. The summed E-state index contributed by atoms with van der Waals surface area (Å²) < 4.78 is 7.55. The number of hydrogen-bond donors (Lipinski definition) is 2. The topological polar surface area (TPSA) is 88.7 Å². The highest BCUT2D eigenvalue weighted by Gasteiger charge is 2.15. The summed E-state index contributed by atoms with van der Waals surface area (Å²) in [5.74, 6) is 1.13. The number of nitrogens with one attached hydrogen (secondary N) is 2. The summed E-state index contributed by atoms with van der Waals surface area (Å²) in [7, 11) is 0. The van der Waals surface area contributed by atoms with Gasteiger partial charge in [-0.15, -0.1) is 0 Å². The number of fused-ring (bicyclic) bond motifs is 2. The highest BCUT2D eigenvalue weighted by atomic mass is 16.3. The summed E-state index contributed by atoms with van der Waals surface area (Å²) >= 11 is 0. The zero-order valence-corrected chi connectivity index (χ0v) is 15.1. The van der Waals surface area contributed by atoms with Crippen LogP contribution in [0.2, 0.25) is 0 Å². The van der Waals surface area contributed by atoms with E-state index in [4.69, 9.17) is 4.42 Å². The van der Waals surface area contributed by atoms with Gasteiger partial charge in [-0.25, -0.2) is 4.68 Å². The summed E-state index contributed by atoms with van der Waals surface area (Å²) in [5, 5.41) is 9.01. The second-order valence-corrected chi connectivity index (χ2v) is 6.60. The molecule has 0 aliphatic carbocycles. The number of para-hydroxylation sites is 2. The SMILES string of the molecule is C[C@@H](Nc1nc2c(cnn2-c2ccccc2)c(=O)[nH]1)c1cc2ccccc2o1. The van der Waals surface area contributed by atoms with Crippen LogP contribution in [-0.4, -0.2) is 19.7 Å². The third-order valence-electron chi connectivity index (χ3n) is 4.66. The van der Waals surface area contributed by atoms with Crippen molar-refractivity contribution in [3.05, 3.63) is 83.0 Å². The molecule has 0 aliphatic rings. The maximum Gasteiger partial charge on any atom is 0.263 e. The van der Waals surface area contributed by atoms with Gasteiger partial charge in [-0.3, -0.25) is 9.78 Å². The first-order valence-corrected chi connectivity index (χ1v) is 8.97. The first-order valence-electron chi connectivity index (χ1n) is 8.97. The summed E-state index contributed by atoms with van der Waals surface area (Å²) in [5.41, 5.74) is 1.91. The molecule has 0 bridgehead atoms. The van der Waals surface area contributed by atoms with E-state index in [0.717, 1.165) is 22.4 Å². The Morgan fingerprint density at radius 1 is 1.11 bits per heavy atom. The largest absolute Gasteiger partial charge is 0.459 e. The summed E-state index contributed by atoms with van der Waals surface area (Å²) in [6.07, 6.45) is 1.53. The van der Waals surface area contributed by atoms with Crippen molar-refractivity contribution in [3.8, 4) is 5.69 Å². The molecular weight excluding hydrogens is 354 g/mol. The lowest BCUT2D eigenvalue weighted by molar-refractivity contribution is 0.525. The Labute approximate surface area is 159 Å². The molecule has 0 radical (unpaired) electrons. The van der Waals surface area contributed by atoms with Gasteiger partial charge in [-0.1, -0.05) is 36.4 Å². The number of aromatic nitrogens is 4. The molecule has 1 atom stereocenters. The maximum absolute atomic E-state index is 12.5. The van der Waals surface area contributed by atoms with Gasteiger partial charge in [0, 0.05) is 5.39 Å². The number of furan rings is 1. The molecule has 2 N–H and O–H groups in total. The number of hydrogen-bond acceptors (Lipinski definition) is 5. The number of rotatable bonds is 4. The van der Waals surface area contributed by atoms with Crippen molar-refractivity contribution in [2.45, 2.75) is 13.0 Å². The second kappa shape index (κ2) is 6.38. The van der Waals surface area contributed by atoms with Crippen molar-refractivity contribution < 1.29 is 4.42 Å². The molecule has 2 aromatic carbocycles. The van der Waals surface area contributed by atoms with Gasteiger partial charge in [0.1, 0.15) is 16.7 Å². The number of aromatic amines is 1. The molecule has 3 heterocycles. The Kier molecular flexibility index (Phi) is 3.72. The molecule has 5 aromatic rings. The van der Waals surface area contributed by atoms with Crippen LogP contribution >= 0.6 is 0 Å². The molecule has 138 valence electrons. The van der Waals surface area contributed by atoms with E-state index in [1.54, 1.807) is 4.68 Å². The van der Waals surface area contributed by atoms with Gasteiger partial charge in [0.25, 0.3) is 5.56 Å². The van der Waals surface area contributed by atoms with E-state index >= 15 is 0 Å². The lowest BCUT2D eigenvalue weighted by Crippen LogP contribution is -2.15. The van der Waals surface area contributed by atoms with Crippen LogP contribution in [-0.2, 0) is 0 Å². The number of H-pyrrole nitrogens is 1. The maximum atomic E-state index is 12.5. The van der Waals surface area contributed by atoms with E-state index in [0.29, 0.717) is 17.0 Å². The molecule has 7 nitrogen and oxygen atoms in total. The smallest absolute Gasteiger partial charge is 0.263 e. The van der Waals surface area contributed by atoms with Crippen LogP contribution in [0.5, 0.6) is 0 Å². The number of nitrogens with zero attached hydrogens (tertiary/aromatic N) is 3. The molecular formula is C21H17N5O2. The second-order valence-electron chi connectivity index (χ2n) is 6.60. The molecule has 28 heavy (non-hydrogen) atoms. The van der Waals surface area contributed by atoms with Crippen LogP contribution in [0.1, 0.15) is 18.7 Å². The van der Waals surface area contributed by atoms with E-state index in [1.807, 2.05) is 67.6 Å². The van der Waals surface area contributed by atoms with E-state index in [-0.39, 0.29) is 11.6 Å². The predicted molar refractivity (Wildman–Crippen MR) is 108 cm³/mol. The van der Waals surface area contributed by atoms with Crippen molar-refractivity contribution in [2.24, 2.45) is 0 Å². The standard InChI is InChI=1S/C21H17N5O2/c1-13(18-11-14-7-5-6-10-17(14)28-18)23-21-24-19-16(20(27)25-21)12-22-26(19)15-8-3-2-4-9-15/h2-13H,1H3,(H2,23,24,25,27)/t13-/m1/s1. The molecule has 0 saturated carbocycles. The van der Waals surface area contributed by atoms with Gasteiger partial charge in [-0.2, -0.15) is 10.1 Å². The monoisotopic (exact) mass is 371 g/mol. The van der Waals surface area contributed by atoms with Gasteiger partial charge in [-0.05, 0) is 31.2 Å². The van der Waals surface area contributed by atoms with Crippen molar-refractivity contribution in [1.82, 2.24) is 19.7 Å². The van der Waals surface area contributed by atoms with Crippen LogP contribution in [0.4, 0.5) is 5.95 Å². The minimum atomic E-state index is -0.244. The predicted octanol–water partition coefficient (Wildman–Crippen LogP) is 4.03. The molecule has 0 saturated heterocycles. The van der Waals surface area contributed by atoms with Crippen LogP contribution in [0.25, 0.3) is 27.7 Å². The van der Waals surface area contributed by atoms with E-state index in [1.165, 1.54) is 6.20 Å². The van der Waals surface area contributed by atoms with Crippen molar-refractivity contribution in [1.29, 1.82) is 0 Å². The molecule has 0 amide bonds. The van der Waals surface area contributed by atoms with Crippen molar-refractivity contribution in [3.63, 3.8) is 0 Å². The van der Waals surface area contributed by atoms with Crippen molar-refractivity contribution in [2.75, 3.05) is 5.32 Å². The van der Waals surface area contributed by atoms with Crippen molar-refractivity contribution >= 4 is 28.0 Å². The van der Waals surface area contributed by atoms with Gasteiger partial charge >= 0.3 is 0 Å². The third kappa shape index (κ3) is 2.73. The molecule has 7 heteroatoms. The lowest BCUT2D eigenvalue weighted by atomic mass is 10.2. The first kappa shape index (κ1) is 16.3. The summed E-state index contributed by atoms with van der Waals surface area (Å²) in [6.45, 7) is 1.95. The molecule has 0 fully saturated rings. The van der Waals surface area contributed by atoms with E-state index in [9.17, 15) is 4.79 Å². The Balaban J connectivity index is 1.53. The highest BCUT2D eigenvalue weighted by molar-refractivity contribution is 5.78. The lowest BCUT2D eigenvalue weighted by Gasteiger charge is -2.12. The van der Waals surface area contributed by atoms with Crippen LogP contribution in [0.15, 0.2) is 76.1 Å². The Morgan fingerprint density at radius 3 is 2.71 bits per heavy atom. The molecule has 0 spiro atoms. The molecule has 3 aromatic heterocycles. The number of benzene rings is 2. The molecule has 0 unspecified atom stereocenters. The normalized spacial score (nSPS) is 12.5. The van der Waals surface area contributed by atoms with Gasteiger partial charge < -0.3 is 9.73 Å². The third-order valence-corrected chi connectivity index (χ3v) is 4.66. The highest BCUT2D eigenvalue weighted by Crippen LogP contribution is 2.25. The average molecular weight is 371 g/mol. The zero-order chi connectivity index (χ0) is 19.1. The van der Waals surface area contributed by atoms with Crippen LogP contribution in [0, 0.1) is 0 Å². The van der Waals surface area contributed by atoms with Gasteiger partial charge in [0.15, 0.2) is 5.65 Å². The summed E-state index contributed by atoms with van der Waals surface area (Å²) in [6, 6.07) is 19.2. The molecule has 0 aliphatic heterocycles. The molecule has 5 rings (SSSR count). The van der Waals surface area contributed by atoms with Gasteiger partial charge in [0.05, 0.1) is 17.9 Å². The Morgan fingerprint density at radius 2 is 1.89 bits per heavy atom. The first-order chi connectivity index (χ1) is 13.7. The van der Waals surface area contributed by atoms with E-state index < -0.39 is 0 Å². The Hall–Kier alpha value is -3.87. The minimum absolute atomic E-state index is 0.180. The van der Waals surface area contributed by atoms with Crippen LogP contribution in [0.3, 0.4) is 0 Å². The van der Waals surface area contributed by atoms with Crippen LogP contribution < -0.4 is 10.9 Å². The number of anilines is 1. The average Bonchev–Trinajstić information content (AvgIpc) is 3.33. The quantitative estimate of drug-likeness (QED) is 0.498. The fourth-order valence-electron chi connectivity index (χ4n) is 3.24. The zero-order valence-electron chi connectivity index (χ0n) is 15.1. The Bertz CT molecular complexity index is 1300. The fraction of sp³-hybridized carbons (Fsp3) is 0.0952. The van der Waals surface area contributed by atoms with E-state index in [2.05, 4.69) is 20.4 Å². The summed E-state index contributed by atoms with van der Waals surface area (Å²) in [4.78, 5) is 19.9. The van der Waals surface area contributed by atoms with Gasteiger partial charge in [0.2, 0.25) is 5.95 Å².